The number of carboxylic acids is 1. The second-order valence-electron chi connectivity index (χ2n) is 5.15. The molecule has 0 bridgehead atoms. The van der Waals surface area contributed by atoms with Crippen LogP contribution in [0.1, 0.15) is 31.4 Å². The highest BCUT2D eigenvalue weighted by atomic mass is 16.5. The van der Waals surface area contributed by atoms with Crippen molar-refractivity contribution in [3.63, 3.8) is 0 Å². The molecule has 1 unspecified atom stereocenters. The van der Waals surface area contributed by atoms with Crippen molar-refractivity contribution < 1.29 is 14.6 Å². The normalized spacial score (nSPS) is 12.6. The Labute approximate surface area is 114 Å². The summed E-state index contributed by atoms with van der Waals surface area (Å²) >= 11 is 0. The van der Waals surface area contributed by atoms with Crippen molar-refractivity contribution in [1.82, 2.24) is 5.32 Å². The molecule has 4 nitrogen and oxygen atoms in total. The second-order valence-corrected chi connectivity index (χ2v) is 5.15. The predicted molar refractivity (Wildman–Crippen MR) is 74.9 cm³/mol. The maximum atomic E-state index is 11.1. The molecular weight excluding hydrogens is 242 g/mol. The zero-order chi connectivity index (χ0) is 14.3. The van der Waals surface area contributed by atoms with Crippen LogP contribution in [0.25, 0.3) is 0 Å². The first-order valence-corrected chi connectivity index (χ1v) is 6.56. The Morgan fingerprint density at radius 2 is 1.84 bits per heavy atom. The van der Waals surface area contributed by atoms with Gasteiger partial charge in [-0.2, -0.15) is 0 Å². The number of benzene rings is 1. The van der Waals surface area contributed by atoms with E-state index in [1.54, 1.807) is 7.11 Å². The van der Waals surface area contributed by atoms with Gasteiger partial charge in [-0.05, 0) is 23.5 Å². The lowest BCUT2D eigenvalue weighted by atomic mass is 10.0. The van der Waals surface area contributed by atoms with E-state index in [0.717, 1.165) is 11.1 Å². The van der Waals surface area contributed by atoms with Gasteiger partial charge in [0.05, 0.1) is 6.61 Å². The topological polar surface area (TPSA) is 58.6 Å². The SMILES string of the molecule is COCc1ccc(CNC(CC(C)C)C(=O)O)cc1. The smallest absolute Gasteiger partial charge is 0.320 e. The molecule has 0 heterocycles. The predicted octanol–water partition coefficient (Wildman–Crippen LogP) is 2.42. The lowest BCUT2D eigenvalue weighted by Crippen LogP contribution is -2.37. The number of methoxy groups -OCH3 is 1. The number of ether oxygens (including phenoxy) is 1. The minimum absolute atomic E-state index is 0.359. The molecule has 0 amide bonds. The summed E-state index contributed by atoms with van der Waals surface area (Å²) in [5.41, 5.74) is 2.19. The first-order chi connectivity index (χ1) is 9.02. The van der Waals surface area contributed by atoms with Gasteiger partial charge in [-0.3, -0.25) is 4.79 Å². The summed E-state index contributed by atoms with van der Waals surface area (Å²) in [7, 11) is 1.67. The molecule has 0 saturated heterocycles. The summed E-state index contributed by atoms with van der Waals surface area (Å²) in [6.45, 7) is 5.21. The monoisotopic (exact) mass is 265 g/mol. The van der Waals surface area contributed by atoms with Crippen molar-refractivity contribution in [2.75, 3.05) is 7.11 Å². The first-order valence-electron chi connectivity index (χ1n) is 6.56. The van der Waals surface area contributed by atoms with E-state index in [1.165, 1.54) is 0 Å². The summed E-state index contributed by atoms with van der Waals surface area (Å²) < 4.78 is 5.05. The van der Waals surface area contributed by atoms with Gasteiger partial charge in [-0.25, -0.2) is 0 Å². The van der Waals surface area contributed by atoms with Gasteiger partial charge >= 0.3 is 5.97 Å². The van der Waals surface area contributed by atoms with E-state index in [9.17, 15) is 4.79 Å². The third-order valence-corrected chi connectivity index (χ3v) is 2.89. The number of nitrogens with one attached hydrogen (secondary N) is 1. The number of carboxylic acid groups (broad SMARTS) is 1. The highest BCUT2D eigenvalue weighted by Crippen LogP contribution is 2.08. The number of aliphatic carboxylic acids is 1. The molecule has 1 atom stereocenters. The molecule has 0 fully saturated rings. The van der Waals surface area contributed by atoms with Crippen LogP contribution in [-0.2, 0) is 22.7 Å². The van der Waals surface area contributed by atoms with E-state index in [2.05, 4.69) is 5.32 Å². The van der Waals surface area contributed by atoms with E-state index in [4.69, 9.17) is 9.84 Å². The molecule has 0 aliphatic carbocycles. The summed E-state index contributed by atoms with van der Waals surface area (Å²) in [6, 6.07) is 7.50. The summed E-state index contributed by atoms with van der Waals surface area (Å²) in [6.07, 6.45) is 0.636. The van der Waals surface area contributed by atoms with Crippen molar-refractivity contribution in [3.05, 3.63) is 35.4 Å². The molecule has 1 aromatic carbocycles. The fraction of sp³-hybridized carbons (Fsp3) is 0.533. The Hall–Kier alpha value is -1.39. The molecule has 1 rings (SSSR count). The van der Waals surface area contributed by atoms with Crippen molar-refractivity contribution in [2.45, 2.75) is 39.5 Å². The van der Waals surface area contributed by atoms with Gasteiger partial charge < -0.3 is 15.2 Å². The maximum absolute atomic E-state index is 11.1. The van der Waals surface area contributed by atoms with Crippen LogP contribution in [0.15, 0.2) is 24.3 Å². The van der Waals surface area contributed by atoms with Crippen molar-refractivity contribution >= 4 is 5.97 Å². The van der Waals surface area contributed by atoms with Gasteiger partial charge in [-0.15, -0.1) is 0 Å². The Morgan fingerprint density at radius 3 is 2.32 bits per heavy atom. The average Bonchev–Trinajstić information content (AvgIpc) is 2.36. The molecule has 4 heteroatoms. The van der Waals surface area contributed by atoms with Crippen LogP contribution in [0.4, 0.5) is 0 Å². The van der Waals surface area contributed by atoms with Crippen LogP contribution in [-0.4, -0.2) is 24.2 Å². The van der Waals surface area contributed by atoms with E-state index < -0.39 is 12.0 Å². The van der Waals surface area contributed by atoms with Crippen LogP contribution in [0, 0.1) is 5.92 Å². The number of carbonyl (C=O) groups is 1. The third kappa shape index (κ3) is 5.85. The number of hydrogen-bond donors (Lipinski definition) is 2. The number of hydrogen-bond acceptors (Lipinski definition) is 3. The Balaban J connectivity index is 2.51. The minimum atomic E-state index is -0.787. The third-order valence-electron chi connectivity index (χ3n) is 2.89. The molecular formula is C15H23NO3. The fourth-order valence-electron chi connectivity index (χ4n) is 1.90. The van der Waals surface area contributed by atoms with E-state index in [0.29, 0.717) is 25.5 Å². The molecule has 0 aliphatic heterocycles. The summed E-state index contributed by atoms with van der Waals surface area (Å²) in [5, 5.41) is 12.2. The molecule has 0 saturated carbocycles. The van der Waals surface area contributed by atoms with Crippen LogP contribution in [0.5, 0.6) is 0 Å². The van der Waals surface area contributed by atoms with Crippen LogP contribution in [0.2, 0.25) is 0 Å². The lowest BCUT2D eigenvalue weighted by Gasteiger charge is -2.16. The van der Waals surface area contributed by atoms with Crippen molar-refractivity contribution in [1.29, 1.82) is 0 Å². The fourth-order valence-corrected chi connectivity index (χ4v) is 1.90. The zero-order valence-corrected chi connectivity index (χ0v) is 11.8. The highest BCUT2D eigenvalue weighted by molar-refractivity contribution is 5.73. The molecule has 0 spiro atoms. The molecule has 19 heavy (non-hydrogen) atoms. The molecule has 1 aromatic rings. The van der Waals surface area contributed by atoms with Crippen LogP contribution < -0.4 is 5.32 Å². The highest BCUT2D eigenvalue weighted by Gasteiger charge is 2.17. The molecule has 0 radical (unpaired) electrons. The average molecular weight is 265 g/mol. The minimum Gasteiger partial charge on any atom is -0.480 e. The quantitative estimate of drug-likeness (QED) is 0.758. The molecule has 2 N–H and O–H groups in total. The molecule has 0 aliphatic rings. The Morgan fingerprint density at radius 1 is 1.26 bits per heavy atom. The zero-order valence-electron chi connectivity index (χ0n) is 11.8. The van der Waals surface area contributed by atoms with Gasteiger partial charge in [0.2, 0.25) is 0 Å². The number of rotatable bonds is 8. The van der Waals surface area contributed by atoms with E-state index >= 15 is 0 Å². The molecule has 106 valence electrons. The Bertz CT molecular complexity index is 387. The van der Waals surface area contributed by atoms with Gasteiger partial charge in [0.25, 0.3) is 0 Å². The largest absolute Gasteiger partial charge is 0.480 e. The standard InChI is InChI=1S/C15H23NO3/c1-11(2)8-14(15(17)18)16-9-12-4-6-13(7-5-12)10-19-3/h4-7,11,14,16H,8-10H2,1-3H3,(H,17,18). The van der Waals surface area contributed by atoms with Gasteiger partial charge in [0.15, 0.2) is 0 Å². The summed E-state index contributed by atoms with van der Waals surface area (Å²) in [5.74, 6) is -0.428. The molecule has 0 aromatic heterocycles. The lowest BCUT2D eigenvalue weighted by molar-refractivity contribution is -0.140. The van der Waals surface area contributed by atoms with Crippen molar-refractivity contribution in [3.8, 4) is 0 Å². The summed E-state index contributed by atoms with van der Waals surface area (Å²) in [4.78, 5) is 11.1. The van der Waals surface area contributed by atoms with Gasteiger partial charge in [-0.1, -0.05) is 38.1 Å². The van der Waals surface area contributed by atoms with E-state index in [1.807, 2.05) is 38.1 Å². The van der Waals surface area contributed by atoms with Gasteiger partial charge in [0, 0.05) is 13.7 Å². The van der Waals surface area contributed by atoms with E-state index in [-0.39, 0.29) is 0 Å². The second kappa shape index (κ2) is 7.92. The van der Waals surface area contributed by atoms with Gasteiger partial charge in [0.1, 0.15) is 6.04 Å². The van der Waals surface area contributed by atoms with Crippen LogP contribution >= 0.6 is 0 Å². The first kappa shape index (κ1) is 15.7. The maximum Gasteiger partial charge on any atom is 0.320 e. The van der Waals surface area contributed by atoms with Crippen molar-refractivity contribution in [2.24, 2.45) is 5.92 Å². The van der Waals surface area contributed by atoms with Crippen LogP contribution in [0.3, 0.4) is 0 Å². The Kier molecular flexibility index (Phi) is 6.53.